The molecular weight excluding hydrogens is 422 g/mol. The van der Waals surface area contributed by atoms with Gasteiger partial charge >= 0.3 is 0 Å². The second-order valence-corrected chi connectivity index (χ2v) is 9.53. The Balaban J connectivity index is 1.54. The van der Waals surface area contributed by atoms with Crippen molar-refractivity contribution >= 4 is 31.8 Å². The summed E-state index contributed by atoms with van der Waals surface area (Å²) in [6.07, 6.45) is 4.02. The Labute approximate surface area is 188 Å². The van der Waals surface area contributed by atoms with Crippen LogP contribution in [0.3, 0.4) is 0 Å². The molecule has 160 valence electrons. The number of rotatable bonds is 4. The minimum atomic E-state index is -0.268. The first-order valence-electron chi connectivity index (χ1n) is 10.5. The molecule has 0 unspecified atom stereocenters. The van der Waals surface area contributed by atoms with Crippen LogP contribution in [0, 0.1) is 0 Å². The Morgan fingerprint density at radius 2 is 1.94 bits per heavy atom. The van der Waals surface area contributed by atoms with E-state index in [1.54, 1.807) is 23.9 Å². The lowest BCUT2D eigenvalue weighted by Crippen LogP contribution is -2.32. The van der Waals surface area contributed by atoms with Crippen LogP contribution in [-0.4, -0.2) is 20.6 Å². The molecule has 5 aromatic rings. The maximum atomic E-state index is 6.14. The van der Waals surface area contributed by atoms with Gasteiger partial charge in [0.05, 0.1) is 24.0 Å². The van der Waals surface area contributed by atoms with Gasteiger partial charge in [-0.3, -0.25) is 0 Å². The first-order chi connectivity index (χ1) is 15.6. The molecule has 4 aromatic heterocycles. The molecule has 1 aliphatic rings. The van der Waals surface area contributed by atoms with E-state index < -0.39 is 0 Å². The Kier molecular flexibility index (Phi) is 4.48. The second kappa shape index (κ2) is 7.39. The predicted molar refractivity (Wildman–Crippen MR) is 124 cm³/mol. The molecular formula is C25H21N3O3S. The fourth-order valence-electron chi connectivity index (χ4n) is 4.23. The summed E-state index contributed by atoms with van der Waals surface area (Å²) in [6.45, 7) is 5.17. The monoisotopic (exact) mass is 443 g/mol. The zero-order chi connectivity index (χ0) is 21.7. The molecule has 0 amide bonds. The molecule has 1 aromatic carbocycles. The largest absolute Gasteiger partial charge is 0.472 e. The molecule has 0 saturated heterocycles. The molecule has 0 aliphatic carbocycles. The van der Waals surface area contributed by atoms with Gasteiger partial charge in [-0.05, 0) is 37.1 Å². The number of hydrogen-bond acceptors (Lipinski definition) is 7. The maximum absolute atomic E-state index is 6.14. The molecule has 0 atom stereocenters. The second-order valence-electron chi connectivity index (χ2n) is 8.53. The summed E-state index contributed by atoms with van der Waals surface area (Å²) in [6, 6.07) is 13.9. The number of thiophene rings is 1. The molecule has 6 nitrogen and oxygen atoms in total. The molecule has 7 heteroatoms. The third kappa shape index (κ3) is 3.25. The van der Waals surface area contributed by atoms with Crippen LogP contribution >= 0.6 is 11.3 Å². The van der Waals surface area contributed by atoms with Gasteiger partial charge in [0.1, 0.15) is 28.2 Å². The fraction of sp³-hybridized carbons (Fsp3) is 0.240. The van der Waals surface area contributed by atoms with Gasteiger partial charge in [0.2, 0.25) is 5.88 Å². The van der Waals surface area contributed by atoms with Crippen LogP contribution in [0.4, 0.5) is 0 Å². The Bertz CT molecular complexity index is 1430. The summed E-state index contributed by atoms with van der Waals surface area (Å²) in [4.78, 5) is 15.0. The van der Waals surface area contributed by atoms with Crippen molar-refractivity contribution in [3.8, 4) is 17.3 Å². The van der Waals surface area contributed by atoms with E-state index >= 15 is 0 Å². The van der Waals surface area contributed by atoms with Crippen LogP contribution in [0.25, 0.3) is 31.9 Å². The predicted octanol–water partition coefficient (Wildman–Crippen LogP) is 5.93. The van der Waals surface area contributed by atoms with Crippen molar-refractivity contribution in [2.75, 3.05) is 0 Å². The standard InChI is InChI=1S/C25H21N3O3S/c1-25(2)11-16-17(13-31-25)20(18-9-6-10-29-18)28-24-19(16)21-22(32-24)23(27-14-26-21)30-12-15-7-4-3-5-8-15/h3-10,14H,11-13H2,1-2H3. The average molecular weight is 444 g/mol. The average Bonchev–Trinajstić information content (AvgIpc) is 3.45. The zero-order valence-corrected chi connectivity index (χ0v) is 18.6. The summed E-state index contributed by atoms with van der Waals surface area (Å²) in [5.41, 5.74) is 4.83. The lowest BCUT2D eigenvalue weighted by molar-refractivity contribution is -0.0395. The Morgan fingerprint density at radius 1 is 1.06 bits per heavy atom. The minimum Gasteiger partial charge on any atom is -0.472 e. The molecule has 0 radical (unpaired) electrons. The van der Waals surface area contributed by atoms with Crippen LogP contribution in [0.2, 0.25) is 0 Å². The number of ether oxygens (including phenoxy) is 2. The van der Waals surface area contributed by atoms with Gasteiger partial charge in [-0.2, -0.15) is 0 Å². The van der Waals surface area contributed by atoms with E-state index in [0.717, 1.165) is 49.4 Å². The molecule has 0 saturated carbocycles. The van der Waals surface area contributed by atoms with E-state index in [-0.39, 0.29) is 5.60 Å². The van der Waals surface area contributed by atoms with Crippen LogP contribution in [0.15, 0.2) is 59.5 Å². The highest BCUT2D eigenvalue weighted by Gasteiger charge is 2.32. The number of fused-ring (bicyclic) bond motifs is 5. The SMILES string of the molecule is CC1(C)Cc2c(c(-c3ccco3)nc3sc4c(OCc5ccccc5)ncnc4c23)CO1. The van der Waals surface area contributed by atoms with Crippen molar-refractivity contribution in [1.82, 2.24) is 15.0 Å². The van der Waals surface area contributed by atoms with E-state index in [0.29, 0.717) is 19.1 Å². The van der Waals surface area contributed by atoms with Gasteiger partial charge in [-0.1, -0.05) is 30.3 Å². The normalized spacial score (nSPS) is 15.2. The number of benzene rings is 1. The van der Waals surface area contributed by atoms with Crippen molar-refractivity contribution in [3.05, 3.63) is 71.7 Å². The third-order valence-electron chi connectivity index (χ3n) is 5.77. The van der Waals surface area contributed by atoms with Crippen molar-refractivity contribution in [1.29, 1.82) is 0 Å². The first kappa shape index (κ1) is 19.4. The number of aromatic nitrogens is 3. The number of pyridine rings is 1. The van der Waals surface area contributed by atoms with Crippen molar-refractivity contribution in [2.24, 2.45) is 0 Å². The van der Waals surface area contributed by atoms with E-state index in [2.05, 4.69) is 23.8 Å². The van der Waals surface area contributed by atoms with Crippen LogP contribution < -0.4 is 4.74 Å². The molecule has 0 bridgehead atoms. The van der Waals surface area contributed by atoms with Crippen LogP contribution in [0.1, 0.15) is 30.5 Å². The van der Waals surface area contributed by atoms with Crippen LogP contribution in [0.5, 0.6) is 5.88 Å². The van der Waals surface area contributed by atoms with E-state index in [1.165, 1.54) is 5.56 Å². The lowest BCUT2D eigenvalue weighted by atomic mass is 9.89. The molecule has 0 fully saturated rings. The smallest absolute Gasteiger partial charge is 0.235 e. The molecule has 0 spiro atoms. The van der Waals surface area contributed by atoms with Gasteiger partial charge in [0.15, 0.2) is 5.76 Å². The highest BCUT2D eigenvalue weighted by Crippen LogP contribution is 2.44. The zero-order valence-electron chi connectivity index (χ0n) is 17.8. The van der Waals surface area contributed by atoms with Crippen molar-refractivity contribution < 1.29 is 13.9 Å². The maximum Gasteiger partial charge on any atom is 0.235 e. The third-order valence-corrected chi connectivity index (χ3v) is 6.83. The Morgan fingerprint density at radius 3 is 2.75 bits per heavy atom. The molecule has 0 N–H and O–H groups in total. The quantitative estimate of drug-likeness (QED) is 0.343. The number of furan rings is 1. The Hall–Kier alpha value is -3.29. The summed E-state index contributed by atoms with van der Waals surface area (Å²) < 4.78 is 18.9. The highest BCUT2D eigenvalue weighted by atomic mass is 32.1. The molecule has 32 heavy (non-hydrogen) atoms. The van der Waals surface area contributed by atoms with Gasteiger partial charge < -0.3 is 13.9 Å². The van der Waals surface area contributed by atoms with E-state index in [4.69, 9.17) is 18.9 Å². The lowest BCUT2D eigenvalue weighted by Gasteiger charge is -2.32. The molecule has 1 aliphatic heterocycles. The van der Waals surface area contributed by atoms with E-state index in [1.807, 2.05) is 42.5 Å². The highest BCUT2D eigenvalue weighted by molar-refractivity contribution is 7.25. The molecule has 5 heterocycles. The van der Waals surface area contributed by atoms with Crippen molar-refractivity contribution in [2.45, 2.75) is 39.1 Å². The van der Waals surface area contributed by atoms with Gasteiger partial charge in [0.25, 0.3) is 0 Å². The summed E-state index contributed by atoms with van der Waals surface area (Å²) in [5.74, 6) is 1.33. The summed E-state index contributed by atoms with van der Waals surface area (Å²) in [7, 11) is 0. The first-order valence-corrected chi connectivity index (χ1v) is 11.3. The minimum absolute atomic E-state index is 0.268. The van der Waals surface area contributed by atoms with Crippen LogP contribution in [-0.2, 0) is 24.4 Å². The fourth-order valence-corrected chi connectivity index (χ4v) is 5.33. The topological polar surface area (TPSA) is 70.3 Å². The van der Waals surface area contributed by atoms with Gasteiger partial charge in [0, 0.05) is 17.4 Å². The summed E-state index contributed by atoms with van der Waals surface area (Å²) >= 11 is 1.56. The summed E-state index contributed by atoms with van der Waals surface area (Å²) in [5, 5.41) is 1.07. The number of hydrogen-bond donors (Lipinski definition) is 0. The number of nitrogens with zero attached hydrogens (tertiary/aromatic N) is 3. The van der Waals surface area contributed by atoms with Gasteiger partial charge in [-0.15, -0.1) is 11.3 Å². The van der Waals surface area contributed by atoms with Crippen molar-refractivity contribution in [3.63, 3.8) is 0 Å². The van der Waals surface area contributed by atoms with E-state index in [9.17, 15) is 0 Å². The van der Waals surface area contributed by atoms with Gasteiger partial charge in [-0.25, -0.2) is 15.0 Å². The molecule has 6 rings (SSSR count).